The fourth-order valence-corrected chi connectivity index (χ4v) is 1.57. The van der Waals surface area contributed by atoms with Crippen molar-refractivity contribution in [3.63, 3.8) is 0 Å². The molecule has 94 valence electrons. The standard InChI is InChI=1S/C10H11N5O3/c1-18-10-3-2-7(4-9(10)15(16)17)14-8(5-11)6-12-13-14/h2-4,6H,5,11H2,1H3. The maximum absolute atomic E-state index is 10.9. The topological polar surface area (TPSA) is 109 Å². The SMILES string of the molecule is COc1ccc(-n2nncc2CN)cc1[N+](=O)[O-]. The molecule has 18 heavy (non-hydrogen) atoms. The molecule has 2 rings (SSSR count). The van der Waals surface area contributed by atoms with E-state index >= 15 is 0 Å². The second-order valence-electron chi connectivity index (χ2n) is 3.45. The Bertz CT molecular complexity index is 581. The summed E-state index contributed by atoms with van der Waals surface area (Å²) in [6, 6.07) is 4.53. The number of rotatable bonds is 4. The molecule has 0 aliphatic rings. The Morgan fingerprint density at radius 2 is 2.33 bits per heavy atom. The van der Waals surface area contributed by atoms with Gasteiger partial charge in [-0.15, -0.1) is 5.10 Å². The minimum absolute atomic E-state index is 0.131. The van der Waals surface area contributed by atoms with Gasteiger partial charge in [-0.3, -0.25) is 10.1 Å². The lowest BCUT2D eigenvalue weighted by atomic mass is 10.2. The van der Waals surface area contributed by atoms with Crippen LogP contribution in [0.15, 0.2) is 24.4 Å². The monoisotopic (exact) mass is 249 g/mol. The van der Waals surface area contributed by atoms with E-state index in [9.17, 15) is 10.1 Å². The zero-order valence-electron chi connectivity index (χ0n) is 9.61. The Kier molecular flexibility index (Phi) is 3.20. The number of hydrogen-bond donors (Lipinski definition) is 1. The van der Waals surface area contributed by atoms with Crippen LogP contribution in [0.3, 0.4) is 0 Å². The lowest BCUT2D eigenvalue weighted by Crippen LogP contribution is -2.07. The number of methoxy groups -OCH3 is 1. The molecule has 1 aromatic heterocycles. The number of nitro benzene ring substituents is 1. The van der Waals surface area contributed by atoms with Crippen molar-refractivity contribution in [2.45, 2.75) is 6.54 Å². The van der Waals surface area contributed by atoms with Crippen molar-refractivity contribution >= 4 is 5.69 Å². The molecule has 0 amide bonds. The highest BCUT2D eigenvalue weighted by molar-refractivity contribution is 5.53. The number of benzene rings is 1. The number of ether oxygens (including phenoxy) is 1. The Labute approximate surface area is 102 Å². The number of aromatic nitrogens is 3. The van der Waals surface area contributed by atoms with Gasteiger partial charge in [-0.2, -0.15) is 0 Å². The van der Waals surface area contributed by atoms with Gasteiger partial charge >= 0.3 is 5.69 Å². The van der Waals surface area contributed by atoms with Crippen molar-refractivity contribution in [2.24, 2.45) is 5.73 Å². The van der Waals surface area contributed by atoms with Gasteiger partial charge in [0.05, 0.1) is 29.6 Å². The first-order chi connectivity index (χ1) is 8.67. The van der Waals surface area contributed by atoms with Crippen molar-refractivity contribution in [1.82, 2.24) is 15.0 Å². The van der Waals surface area contributed by atoms with Gasteiger partial charge in [-0.25, -0.2) is 4.68 Å². The average Bonchev–Trinajstić information content (AvgIpc) is 2.86. The molecule has 8 nitrogen and oxygen atoms in total. The summed E-state index contributed by atoms with van der Waals surface area (Å²) in [4.78, 5) is 10.4. The lowest BCUT2D eigenvalue weighted by molar-refractivity contribution is -0.385. The predicted octanol–water partition coefficient (Wildman–Crippen LogP) is 0.643. The maximum Gasteiger partial charge on any atom is 0.313 e. The number of nitrogens with zero attached hydrogens (tertiary/aromatic N) is 4. The van der Waals surface area contributed by atoms with Gasteiger partial charge in [0, 0.05) is 12.6 Å². The van der Waals surface area contributed by atoms with E-state index in [4.69, 9.17) is 10.5 Å². The van der Waals surface area contributed by atoms with Crippen LogP contribution in [-0.4, -0.2) is 27.0 Å². The molecule has 0 fully saturated rings. The summed E-state index contributed by atoms with van der Waals surface area (Å²) in [7, 11) is 1.38. The Morgan fingerprint density at radius 3 is 2.94 bits per heavy atom. The third-order valence-electron chi connectivity index (χ3n) is 2.43. The zero-order chi connectivity index (χ0) is 13.1. The van der Waals surface area contributed by atoms with Crippen LogP contribution >= 0.6 is 0 Å². The lowest BCUT2D eigenvalue weighted by Gasteiger charge is -2.06. The molecule has 0 spiro atoms. The Balaban J connectivity index is 2.53. The molecule has 0 aliphatic heterocycles. The van der Waals surface area contributed by atoms with Gasteiger partial charge < -0.3 is 10.5 Å². The van der Waals surface area contributed by atoms with Crippen LogP contribution in [0.5, 0.6) is 5.75 Å². The molecule has 2 aromatic rings. The van der Waals surface area contributed by atoms with Gasteiger partial charge in [0.1, 0.15) is 0 Å². The van der Waals surface area contributed by atoms with Crippen LogP contribution in [0.1, 0.15) is 5.69 Å². The minimum Gasteiger partial charge on any atom is -0.490 e. The van der Waals surface area contributed by atoms with Crippen LogP contribution in [-0.2, 0) is 6.54 Å². The molecular formula is C10H11N5O3. The molecule has 0 unspecified atom stereocenters. The van der Waals surface area contributed by atoms with Crippen molar-refractivity contribution in [3.8, 4) is 11.4 Å². The van der Waals surface area contributed by atoms with Gasteiger partial charge in [-0.05, 0) is 12.1 Å². The molecule has 1 heterocycles. The van der Waals surface area contributed by atoms with E-state index in [1.807, 2.05) is 0 Å². The summed E-state index contributed by atoms with van der Waals surface area (Å²) in [5, 5.41) is 18.5. The molecule has 1 aromatic carbocycles. The van der Waals surface area contributed by atoms with Crippen LogP contribution in [0.25, 0.3) is 5.69 Å². The van der Waals surface area contributed by atoms with Crippen LogP contribution in [0, 0.1) is 10.1 Å². The molecular weight excluding hydrogens is 238 g/mol. The fourth-order valence-electron chi connectivity index (χ4n) is 1.57. The summed E-state index contributed by atoms with van der Waals surface area (Å²) in [6.45, 7) is 0.243. The number of nitrogens with two attached hydrogens (primary N) is 1. The third-order valence-corrected chi connectivity index (χ3v) is 2.43. The van der Waals surface area contributed by atoms with Gasteiger partial charge in [0.2, 0.25) is 0 Å². The van der Waals surface area contributed by atoms with Gasteiger partial charge in [0.15, 0.2) is 5.75 Å². The second kappa shape index (κ2) is 4.80. The van der Waals surface area contributed by atoms with Crippen molar-refractivity contribution in [1.29, 1.82) is 0 Å². The molecule has 0 aliphatic carbocycles. The molecule has 0 saturated heterocycles. The fraction of sp³-hybridized carbons (Fsp3) is 0.200. The molecule has 0 saturated carbocycles. The first kappa shape index (κ1) is 12.0. The molecule has 0 radical (unpaired) electrons. The first-order valence-electron chi connectivity index (χ1n) is 5.10. The summed E-state index contributed by atoms with van der Waals surface area (Å²) in [6.07, 6.45) is 1.51. The predicted molar refractivity (Wildman–Crippen MR) is 62.5 cm³/mol. The highest BCUT2D eigenvalue weighted by Gasteiger charge is 2.17. The van der Waals surface area contributed by atoms with E-state index in [1.165, 1.54) is 30.1 Å². The highest BCUT2D eigenvalue weighted by atomic mass is 16.6. The minimum atomic E-state index is -0.513. The molecule has 8 heteroatoms. The van der Waals surface area contributed by atoms with E-state index in [0.717, 1.165) is 0 Å². The molecule has 0 atom stereocenters. The normalized spacial score (nSPS) is 10.3. The summed E-state index contributed by atoms with van der Waals surface area (Å²) in [5.74, 6) is 0.193. The van der Waals surface area contributed by atoms with Crippen molar-refractivity contribution < 1.29 is 9.66 Å². The van der Waals surface area contributed by atoms with Crippen LogP contribution in [0.4, 0.5) is 5.69 Å². The van der Waals surface area contributed by atoms with E-state index in [-0.39, 0.29) is 18.0 Å². The van der Waals surface area contributed by atoms with Crippen molar-refractivity contribution in [2.75, 3.05) is 7.11 Å². The van der Waals surface area contributed by atoms with Gasteiger partial charge in [-0.1, -0.05) is 5.21 Å². The average molecular weight is 249 g/mol. The molecule has 2 N–H and O–H groups in total. The van der Waals surface area contributed by atoms with Crippen molar-refractivity contribution in [3.05, 3.63) is 40.2 Å². The zero-order valence-corrected chi connectivity index (χ0v) is 9.61. The third kappa shape index (κ3) is 2.00. The Morgan fingerprint density at radius 1 is 1.56 bits per heavy atom. The highest BCUT2D eigenvalue weighted by Crippen LogP contribution is 2.28. The number of hydrogen-bond acceptors (Lipinski definition) is 6. The largest absolute Gasteiger partial charge is 0.490 e. The van der Waals surface area contributed by atoms with E-state index in [2.05, 4.69) is 10.3 Å². The number of nitro groups is 1. The smallest absolute Gasteiger partial charge is 0.313 e. The van der Waals surface area contributed by atoms with Crippen LogP contribution in [0.2, 0.25) is 0 Å². The van der Waals surface area contributed by atoms with E-state index in [1.54, 1.807) is 6.07 Å². The quantitative estimate of drug-likeness (QED) is 0.629. The second-order valence-corrected chi connectivity index (χ2v) is 3.45. The van der Waals surface area contributed by atoms with Gasteiger partial charge in [0.25, 0.3) is 0 Å². The first-order valence-corrected chi connectivity index (χ1v) is 5.10. The maximum atomic E-state index is 10.9. The summed E-state index contributed by atoms with van der Waals surface area (Å²) < 4.78 is 6.37. The molecule has 0 bridgehead atoms. The summed E-state index contributed by atoms with van der Waals surface area (Å²) >= 11 is 0. The van der Waals surface area contributed by atoms with E-state index < -0.39 is 4.92 Å². The van der Waals surface area contributed by atoms with E-state index in [0.29, 0.717) is 11.4 Å². The summed E-state index contributed by atoms with van der Waals surface area (Å²) in [5.41, 5.74) is 6.57. The van der Waals surface area contributed by atoms with Crippen LogP contribution < -0.4 is 10.5 Å². The Hall–Kier alpha value is -2.48.